The maximum Gasteiger partial charge on any atom is 0.289 e. The Hall–Kier alpha value is -2.60. The van der Waals surface area contributed by atoms with Crippen molar-refractivity contribution in [3.05, 3.63) is 76.5 Å². The molecule has 0 atom stereocenters. The average molecular weight is 379 g/mol. The van der Waals surface area contributed by atoms with Gasteiger partial charge in [-0.3, -0.25) is 4.79 Å². The molecule has 1 aromatic carbocycles. The molecule has 1 amide bonds. The van der Waals surface area contributed by atoms with Crippen molar-refractivity contribution in [2.45, 2.75) is 37.7 Å². The topological polar surface area (TPSA) is 59.2 Å². The lowest BCUT2D eigenvalue weighted by atomic mass is 10.00. The number of benzene rings is 1. The van der Waals surface area contributed by atoms with Gasteiger partial charge in [0.1, 0.15) is 5.76 Å². The van der Waals surface area contributed by atoms with Crippen LogP contribution in [-0.4, -0.2) is 27.3 Å². The first kappa shape index (κ1) is 17.8. The fraction of sp³-hybridized carbons (Fsp3) is 0.286. The molecule has 0 spiro atoms. The van der Waals surface area contributed by atoms with Gasteiger partial charge in [0.05, 0.1) is 5.75 Å². The van der Waals surface area contributed by atoms with Crippen molar-refractivity contribution in [2.75, 3.05) is 6.54 Å². The molecular weight excluding hydrogens is 358 g/mol. The lowest BCUT2D eigenvalue weighted by Crippen LogP contribution is -2.35. The summed E-state index contributed by atoms with van der Waals surface area (Å²) in [5.74, 6) is 1.69. The van der Waals surface area contributed by atoms with Gasteiger partial charge in [0.25, 0.3) is 5.91 Å². The number of hydrogen-bond acceptors (Lipinski definition) is 5. The van der Waals surface area contributed by atoms with E-state index in [1.165, 1.54) is 22.9 Å². The van der Waals surface area contributed by atoms with E-state index in [0.717, 1.165) is 35.3 Å². The van der Waals surface area contributed by atoms with E-state index in [4.69, 9.17) is 4.42 Å². The number of rotatable bonds is 4. The Bertz CT molecular complexity index is 963. The third kappa shape index (κ3) is 4.06. The molecule has 1 aliphatic heterocycles. The third-order valence-corrected chi connectivity index (χ3v) is 5.47. The number of aromatic nitrogens is 2. The number of hydrogen-bond donors (Lipinski definition) is 0. The van der Waals surface area contributed by atoms with E-state index in [1.54, 1.807) is 6.07 Å². The first-order valence-electron chi connectivity index (χ1n) is 8.98. The first-order chi connectivity index (χ1) is 13.1. The van der Waals surface area contributed by atoms with Crippen LogP contribution < -0.4 is 0 Å². The van der Waals surface area contributed by atoms with Crippen LogP contribution in [0.3, 0.4) is 0 Å². The van der Waals surface area contributed by atoms with Gasteiger partial charge >= 0.3 is 0 Å². The summed E-state index contributed by atoms with van der Waals surface area (Å²) in [5, 5.41) is 0.726. The molecule has 4 rings (SSSR count). The SMILES string of the molecule is Cc1cc(C)nc(SCc2ccc(C(=O)N3CCc4ccccc4C3)o2)n1. The summed E-state index contributed by atoms with van der Waals surface area (Å²) < 4.78 is 5.80. The number of fused-ring (bicyclic) bond motifs is 1. The van der Waals surface area contributed by atoms with Crippen LogP contribution in [0.1, 0.15) is 38.8 Å². The summed E-state index contributed by atoms with van der Waals surface area (Å²) in [6.45, 7) is 5.27. The van der Waals surface area contributed by atoms with Gasteiger partial charge in [-0.15, -0.1) is 0 Å². The minimum atomic E-state index is -0.0524. The second-order valence-electron chi connectivity index (χ2n) is 6.73. The maximum atomic E-state index is 12.8. The zero-order valence-electron chi connectivity index (χ0n) is 15.4. The van der Waals surface area contributed by atoms with Crippen molar-refractivity contribution >= 4 is 17.7 Å². The number of amides is 1. The quantitative estimate of drug-likeness (QED) is 0.503. The van der Waals surface area contributed by atoms with E-state index in [-0.39, 0.29) is 5.91 Å². The molecular formula is C21H21N3O2S. The zero-order chi connectivity index (χ0) is 18.8. The van der Waals surface area contributed by atoms with Crippen molar-refractivity contribution in [1.82, 2.24) is 14.9 Å². The molecule has 0 bridgehead atoms. The van der Waals surface area contributed by atoms with Crippen LogP contribution >= 0.6 is 11.8 Å². The predicted molar refractivity (Wildman–Crippen MR) is 105 cm³/mol. The molecule has 138 valence electrons. The van der Waals surface area contributed by atoms with Crippen LogP contribution in [0.4, 0.5) is 0 Å². The van der Waals surface area contributed by atoms with Crippen LogP contribution in [0.2, 0.25) is 0 Å². The summed E-state index contributed by atoms with van der Waals surface area (Å²) in [6, 6.07) is 13.9. The van der Waals surface area contributed by atoms with Crippen LogP contribution in [-0.2, 0) is 18.7 Å². The largest absolute Gasteiger partial charge is 0.455 e. The van der Waals surface area contributed by atoms with Gasteiger partial charge in [-0.25, -0.2) is 9.97 Å². The molecule has 5 nitrogen and oxygen atoms in total. The molecule has 0 saturated heterocycles. The summed E-state index contributed by atoms with van der Waals surface area (Å²) in [4.78, 5) is 23.5. The second-order valence-corrected chi connectivity index (χ2v) is 7.68. The molecule has 6 heteroatoms. The van der Waals surface area contributed by atoms with Gasteiger partial charge in [0.2, 0.25) is 0 Å². The van der Waals surface area contributed by atoms with Crippen LogP contribution in [0.25, 0.3) is 0 Å². The molecule has 3 heterocycles. The van der Waals surface area contributed by atoms with Gasteiger partial charge in [-0.1, -0.05) is 36.0 Å². The fourth-order valence-electron chi connectivity index (χ4n) is 3.29. The Balaban J connectivity index is 1.41. The van der Waals surface area contributed by atoms with E-state index in [2.05, 4.69) is 22.1 Å². The molecule has 1 aliphatic rings. The Morgan fingerprint density at radius 2 is 1.85 bits per heavy atom. The molecule has 0 saturated carbocycles. The van der Waals surface area contributed by atoms with Crippen LogP contribution in [0, 0.1) is 13.8 Å². The number of carbonyl (C=O) groups is 1. The molecule has 2 aromatic heterocycles. The maximum absolute atomic E-state index is 12.8. The Morgan fingerprint density at radius 3 is 2.63 bits per heavy atom. The summed E-state index contributed by atoms with van der Waals surface area (Å²) in [7, 11) is 0. The van der Waals surface area contributed by atoms with E-state index in [9.17, 15) is 4.79 Å². The third-order valence-electron chi connectivity index (χ3n) is 4.60. The monoisotopic (exact) mass is 379 g/mol. The highest BCUT2D eigenvalue weighted by molar-refractivity contribution is 7.98. The van der Waals surface area contributed by atoms with Crippen molar-refractivity contribution in [3.8, 4) is 0 Å². The Kier molecular flexibility index (Phi) is 4.99. The average Bonchev–Trinajstić information content (AvgIpc) is 3.14. The van der Waals surface area contributed by atoms with Crippen LogP contribution in [0.5, 0.6) is 0 Å². The molecule has 0 aliphatic carbocycles. The highest BCUT2D eigenvalue weighted by Gasteiger charge is 2.23. The van der Waals surface area contributed by atoms with Gasteiger partial charge in [-0.05, 0) is 49.6 Å². The highest BCUT2D eigenvalue weighted by atomic mass is 32.2. The number of nitrogens with zero attached hydrogens (tertiary/aromatic N) is 3. The summed E-state index contributed by atoms with van der Waals surface area (Å²) >= 11 is 1.51. The van der Waals surface area contributed by atoms with E-state index in [0.29, 0.717) is 18.1 Å². The summed E-state index contributed by atoms with van der Waals surface area (Å²) in [5.41, 5.74) is 4.44. The minimum Gasteiger partial charge on any atom is -0.455 e. The fourth-order valence-corrected chi connectivity index (χ4v) is 4.13. The smallest absolute Gasteiger partial charge is 0.289 e. The molecule has 0 unspecified atom stereocenters. The molecule has 0 radical (unpaired) electrons. The van der Waals surface area contributed by atoms with Crippen molar-refractivity contribution in [1.29, 1.82) is 0 Å². The molecule has 27 heavy (non-hydrogen) atoms. The Labute approximate surface area is 162 Å². The lowest BCUT2D eigenvalue weighted by Gasteiger charge is -2.28. The highest BCUT2D eigenvalue weighted by Crippen LogP contribution is 2.24. The lowest BCUT2D eigenvalue weighted by molar-refractivity contribution is 0.0701. The van der Waals surface area contributed by atoms with Gasteiger partial charge in [-0.2, -0.15) is 0 Å². The van der Waals surface area contributed by atoms with Crippen molar-refractivity contribution < 1.29 is 9.21 Å². The van der Waals surface area contributed by atoms with Crippen molar-refractivity contribution in [2.24, 2.45) is 0 Å². The predicted octanol–water partition coefficient (Wildman–Crippen LogP) is 4.18. The number of furan rings is 1. The van der Waals surface area contributed by atoms with Gasteiger partial charge < -0.3 is 9.32 Å². The molecule has 0 N–H and O–H groups in total. The van der Waals surface area contributed by atoms with E-state index < -0.39 is 0 Å². The minimum absolute atomic E-state index is 0.0524. The normalized spacial score (nSPS) is 13.5. The van der Waals surface area contributed by atoms with Gasteiger partial charge in [0, 0.05) is 24.5 Å². The standard InChI is InChI=1S/C21H21N3O2S/c1-14-11-15(2)23-21(22-14)27-13-18-7-8-19(26-18)20(25)24-10-9-16-5-3-4-6-17(16)12-24/h3-8,11H,9-10,12-13H2,1-2H3. The van der Waals surface area contributed by atoms with E-state index >= 15 is 0 Å². The number of carbonyl (C=O) groups excluding carboxylic acids is 1. The van der Waals surface area contributed by atoms with Crippen molar-refractivity contribution in [3.63, 3.8) is 0 Å². The zero-order valence-corrected chi connectivity index (χ0v) is 16.3. The number of aryl methyl sites for hydroxylation is 2. The molecule has 0 fully saturated rings. The van der Waals surface area contributed by atoms with E-state index in [1.807, 2.05) is 43.0 Å². The summed E-state index contributed by atoms with van der Waals surface area (Å²) in [6.07, 6.45) is 0.884. The molecule has 3 aromatic rings. The number of thioether (sulfide) groups is 1. The second kappa shape index (κ2) is 7.56. The van der Waals surface area contributed by atoms with Crippen LogP contribution in [0.15, 0.2) is 52.0 Å². The van der Waals surface area contributed by atoms with Gasteiger partial charge in [0.15, 0.2) is 10.9 Å². The Morgan fingerprint density at radius 1 is 1.11 bits per heavy atom. The first-order valence-corrected chi connectivity index (χ1v) is 9.97.